The number of rotatable bonds is 2. The highest BCUT2D eigenvalue weighted by Gasteiger charge is 2.33. The molecule has 0 bridgehead atoms. The highest BCUT2D eigenvalue weighted by molar-refractivity contribution is 14.1. The fourth-order valence-corrected chi connectivity index (χ4v) is 2.31. The zero-order chi connectivity index (χ0) is 14.8. The molecule has 2 rings (SSSR count). The molecule has 0 spiro atoms. The molecule has 0 radical (unpaired) electrons. The smallest absolute Gasteiger partial charge is 0.321 e. The quantitative estimate of drug-likeness (QED) is 0.748. The Hall–Kier alpha value is -1.57. The second-order valence-corrected chi connectivity index (χ2v) is 5.14. The summed E-state index contributed by atoms with van der Waals surface area (Å²) in [6.07, 6.45) is -4.51. The van der Waals surface area contributed by atoms with Crippen LogP contribution in [-0.4, -0.2) is 5.91 Å². The van der Waals surface area contributed by atoms with Crippen LogP contribution in [0.3, 0.4) is 0 Å². The van der Waals surface area contributed by atoms with E-state index in [1.807, 2.05) is 22.6 Å². The van der Waals surface area contributed by atoms with E-state index in [0.29, 0.717) is 9.13 Å². The number of benzene rings is 2. The van der Waals surface area contributed by atoms with Crippen LogP contribution in [0.4, 0.5) is 18.9 Å². The van der Waals surface area contributed by atoms with Crippen LogP contribution in [0, 0.1) is 3.57 Å². The first kappa shape index (κ1) is 14.8. The molecule has 2 aromatic carbocycles. The molecular weight excluding hydrogens is 382 g/mol. The Kier molecular flexibility index (Phi) is 4.32. The monoisotopic (exact) mass is 391 g/mol. The minimum atomic E-state index is -4.51. The van der Waals surface area contributed by atoms with Gasteiger partial charge in [-0.25, -0.2) is 0 Å². The number of carbonyl (C=O) groups excluding carboxylic acids is 1. The molecule has 0 saturated heterocycles. The molecule has 20 heavy (non-hydrogen) atoms. The van der Waals surface area contributed by atoms with E-state index in [1.54, 1.807) is 24.3 Å². The number of amides is 1. The molecule has 0 heterocycles. The average Bonchev–Trinajstić information content (AvgIpc) is 2.38. The topological polar surface area (TPSA) is 29.1 Å². The third kappa shape index (κ3) is 3.30. The molecule has 6 heteroatoms. The first-order chi connectivity index (χ1) is 9.39. The van der Waals surface area contributed by atoms with Gasteiger partial charge in [0.2, 0.25) is 0 Å². The second-order valence-electron chi connectivity index (χ2n) is 3.98. The SMILES string of the molecule is O=C(Nc1ccccc1C(F)(F)F)c1ccccc1I. The standard InChI is InChI=1S/C14H9F3INO/c15-14(16,17)10-6-2-4-8-12(10)19-13(20)9-5-1-3-7-11(9)18/h1-8H,(H,19,20). The number of nitrogens with one attached hydrogen (secondary N) is 1. The Morgan fingerprint density at radius 2 is 1.60 bits per heavy atom. The van der Waals surface area contributed by atoms with E-state index < -0.39 is 17.6 Å². The zero-order valence-corrected chi connectivity index (χ0v) is 12.2. The van der Waals surface area contributed by atoms with Gasteiger partial charge in [0, 0.05) is 3.57 Å². The molecule has 104 valence electrons. The fraction of sp³-hybridized carbons (Fsp3) is 0.0714. The Labute approximate surface area is 127 Å². The van der Waals surface area contributed by atoms with Crippen LogP contribution < -0.4 is 5.32 Å². The lowest BCUT2D eigenvalue weighted by Gasteiger charge is -2.13. The average molecular weight is 391 g/mol. The van der Waals surface area contributed by atoms with Crippen molar-refractivity contribution in [2.24, 2.45) is 0 Å². The Balaban J connectivity index is 2.32. The van der Waals surface area contributed by atoms with Gasteiger partial charge in [0.1, 0.15) is 0 Å². The molecule has 1 N–H and O–H groups in total. The minimum Gasteiger partial charge on any atom is -0.321 e. The molecule has 1 amide bonds. The molecule has 0 aliphatic rings. The summed E-state index contributed by atoms with van der Waals surface area (Å²) >= 11 is 1.96. The van der Waals surface area contributed by atoms with Crippen molar-refractivity contribution in [2.75, 3.05) is 5.32 Å². The molecule has 0 saturated carbocycles. The van der Waals surface area contributed by atoms with Crippen molar-refractivity contribution in [3.05, 3.63) is 63.2 Å². The maximum Gasteiger partial charge on any atom is 0.418 e. The largest absolute Gasteiger partial charge is 0.418 e. The summed E-state index contributed by atoms with van der Waals surface area (Å²) in [6.45, 7) is 0. The van der Waals surface area contributed by atoms with Crippen molar-refractivity contribution in [3.63, 3.8) is 0 Å². The maximum absolute atomic E-state index is 12.8. The van der Waals surface area contributed by atoms with E-state index in [2.05, 4.69) is 5.32 Å². The van der Waals surface area contributed by atoms with Gasteiger partial charge in [0.25, 0.3) is 5.91 Å². The first-order valence-electron chi connectivity index (χ1n) is 5.61. The van der Waals surface area contributed by atoms with E-state index >= 15 is 0 Å². The van der Waals surface area contributed by atoms with Crippen LogP contribution in [-0.2, 0) is 6.18 Å². The Bertz CT molecular complexity index is 640. The highest BCUT2D eigenvalue weighted by Crippen LogP contribution is 2.34. The van der Waals surface area contributed by atoms with Gasteiger partial charge in [-0.05, 0) is 46.9 Å². The molecule has 2 aromatic rings. The predicted octanol–water partition coefficient (Wildman–Crippen LogP) is 4.56. The zero-order valence-electron chi connectivity index (χ0n) is 10.0. The lowest BCUT2D eigenvalue weighted by Crippen LogP contribution is -2.17. The van der Waals surface area contributed by atoms with Crippen LogP contribution in [0.2, 0.25) is 0 Å². The van der Waals surface area contributed by atoms with Crippen molar-refractivity contribution in [3.8, 4) is 0 Å². The molecule has 2 nitrogen and oxygen atoms in total. The van der Waals surface area contributed by atoms with E-state index in [-0.39, 0.29) is 5.69 Å². The van der Waals surface area contributed by atoms with Gasteiger partial charge < -0.3 is 5.32 Å². The number of halogens is 4. The maximum atomic E-state index is 12.8. The molecular formula is C14H9F3INO. The first-order valence-corrected chi connectivity index (χ1v) is 6.69. The summed E-state index contributed by atoms with van der Waals surface area (Å²) in [7, 11) is 0. The van der Waals surface area contributed by atoms with Crippen molar-refractivity contribution >= 4 is 34.2 Å². The van der Waals surface area contributed by atoms with Crippen LogP contribution in [0.5, 0.6) is 0 Å². The molecule has 0 fully saturated rings. The van der Waals surface area contributed by atoms with Gasteiger partial charge in [-0.3, -0.25) is 4.79 Å². The van der Waals surface area contributed by atoms with Crippen LogP contribution in [0.25, 0.3) is 0 Å². The van der Waals surface area contributed by atoms with Crippen LogP contribution >= 0.6 is 22.6 Å². The van der Waals surface area contributed by atoms with Gasteiger partial charge >= 0.3 is 6.18 Å². The summed E-state index contributed by atoms with van der Waals surface area (Å²) in [5.74, 6) is -0.563. The number of hydrogen-bond donors (Lipinski definition) is 1. The molecule has 0 unspecified atom stereocenters. The van der Waals surface area contributed by atoms with Gasteiger partial charge in [-0.2, -0.15) is 13.2 Å². The number of alkyl halides is 3. The second kappa shape index (κ2) is 5.82. The molecule has 0 atom stereocenters. The minimum absolute atomic E-state index is 0.246. The summed E-state index contributed by atoms with van der Waals surface area (Å²) in [5, 5.41) is 2.31. The third-order valence-corrected chi connectivity index (χ3v) is 3.54. The van der Waals surface area contributed by atoms with E-state index in [4.69, 9.17) is 0 Å². The lowest BCUT2D eigenvalue weighted by atomic mass is 10.1. The number of anilines is 1. The summed E-state index contributed by atoms with van der Waals surface area (Å²) in [5.41, 5.74) is -0.769. The van der Waals surface area contributed by atoms with E-state index in [1.165, 1.54) is 18.2 Å². The Morgan fingerprint density at radius 3 is 2.25 bits per heavy atom. The summed E-state index contributed by atoms with van der Waals surface area (Å²) < 4.78 is 39.2. The molecule has 0 aromatic heterocycles. The predicted molar refractivity (Wildman–Crippen MR) is 78.6 cm³/mol. The molecule has 0 aliphatic carbocycles. The Morgan fingerprint density at radius 1 is 1.00 bits per heavy atom. The van der Waals surface area contributed by atoms with Crippen molar-refractivity contribution in [2.45, 2.75) is 6.18 Å². The van der Waals surface area contributed by atoms with Gasteiger partial charge in [0.15, 0.2) is 0 Å². The van der Waals surface area contributed by atoms with Crippen LogP contribution in [0.15, 0.2) is 48.5 Å². The number of carbonyl (C=O) groups is 1. The summed E-state index contributed by atoms with van der Waals surface area (Å²) in [6, 6.07) is 11.6. The van der Waals surface area contributed by atoms with Gasteiger partial charge in [-0.1, -0.05) is 24.3 Å². The fourth-order valence-electron chi connectivity index (χ4n) is 1.67. The normalized spacial score (nSPS) is 11.2. The van der Waals surface area contributed by atoms with Gasteiger partial charge in [0.05, 0.1) is 16.8 Å². The van der Waals surface area contributed by atoms with E-state index in [0.717, 1.165) is 6.07 Å². The molecule has 0 aliphatic heterocycles. The highest BCUT2D eigenvalue weighted by atomic mass is 127. The van der Waals surface area contributed by atoms with E-state index in [9.17, 15) is 18.0 Å². The summed E-state index contributed by atoms with van der Waals surface area (Å²) in [4.78, 5) is 12.0. The number of para-hydroxylation sites is 1. The van der Waals surface area contributed by atoms with Gasteiger partial charge in [-0.15, -0.1) is 0 Å². The van der Waals surface area contributed by atoms with Crippen LogP contribution in [0.1, 0.15) is 15.9 Å². The lowest BCUT2D eigenvalue weighted by molar-refractivity contribution is -0.136. The van der Waals surface area contributed by atoms with Crippen molar-refractivity contribution in [1.82, 2.24) is 0 Å². The number of hydrogen-bond acceptors (Lipinski definition) is 1. The third-order valence-electron chi connectivity index (χ3n) is 2.60. The van der Waals surface area contributed by atoms with Crippen molar-refractivity contribution in [1.29, 1.82) is 0 Å². The van der Waals surface area contributed by atoms with Crippen molar-refractivity contribution < 1.29 is 18.0 Å².